The fourth-order valence-corrected chi connectivity index (χ4v) is 1.83. The molecule has 0 atom stereocenters. The van der Waals surface area contributed by atoms with Crippen molar-refractivity contribution >= 4 is 17.5 Å². The number of hydrogen-bond donors (Lipinski definition) is 1. The average molecular weight is 256 g/mol. The Kier molecular flexibility index (Phi) is 3.02. The third-order valence-corrected chi connectivity index (χ3v) is 3.10. The van der Waals surface area contributed by atoms with Crippen LogP contribution >= 0.6 is 11.6 Å². The number of halogens is 1. The summed E-state index contributed by atoms with van der Waals surface area (Å²) in [5, 5.41) is 11.2. The zero-order valence-corrected chi connectivity index (χ0v) is 10.5. The van der Waals surface area contributed by atoms with E-state index in [2.05, 4.69) is 0 Å². The quantitative estimate of drug-likeness (QED) is 0.883. The molecule has 0 aliphatic carbocycles. The monoisotopic (exact) mass is 255 g/mol. The van der Waals surface area contributed by atoms with E-state index in [9.17, 15) is 9.90 Å². The van der Waals surface area contributed by atoms with Gasteiger partial charge in [0.1, 0.15) is 5.75 Å². The van der Waals surface area contributed by atoms with Gasteiger partial charge in [0.2, 0.25) is 0 Å². The number of phenolic OH excluding ortho intramolecular Hbond substituents is 1. The molecule has 1 saturated heterocycles. The van der Waals surface area contributed by atoms with E-state index in [1.54, 1.807) is 6.07 Å². The molecule has 0 aromatic heterocycles. The Hall–Kier alpha value is -1.26. The van der Waals surface area contributed by atoms with Crippen molar-refractivity contribution in [3.8, 4) is 5.75 Å². The molecule has 92 valence electrons. The summed E-state index contributed by atoms with van der Waals surface area (Å²) >= 11 is 5.99. The van der Waals surface area contributed by atoms with Crippen molar-refractivity contribution in [1.29, 1.82) is 0 Å². The molecular formula is C12H14ClNO3. The molecule has 4 nitrogen and oxygen atoms in total. The van der Waals surface area contributed by atoms with Crippen molar-refractivity contribution in [2.45, 2.75) is 20.4 Å². The molecule has 1 aromatic rings. The van der Waals surface area contributed by atoms with Crippen LogP contribution in [0.4, 0.5) is 0 Å². The first-order chi connectivity index (χ1) is 7.90. The fourth-order valence-electron chi connectivity index (χ4n) is 1.65. The van der Waals surface area contributed by atoms with Crippen molar-refractivity contribution in [3.63, 3.8) is 0 Å². The lowest BCUT2D eigenvalue weighted by molar-refractivity contribution is -0.165. The van der Waals surface area contributed by atoms with Crippen molar-refractivity contribution in [1.82, 2.24) is 5.06 Å². The zero-order chi connectivity index (χ0) is 12.6. The van der Waals surface area contributed by atoms with Crippen LogP contribution in [0.2, 0.25) is 5.02 Å². The van der Waals surface area contributed by atoms with E-state index in [-0.39, 0.29) is 18.2 Å². The molecule has 0 radical (unpaired) electrons. The third-order valence-electron chi connectivity index (χ3n) is 2.73. The van der Waals surface area contributed by atoms with Crippen LogP contribution in [-0.4, -0.2) is 22.7 Å². The van der Waals surface area contributed by atoms with Gasteiger partial charge in [-0.25, -0.2) is 5.06 Å². The van der Waals surface area contributed by atoms with E-state index in [0.29, 0.717) is 17.2 Å². The second-order valence-electron chi connectivity index (χ2n) is 4.77. The molecule has 5 heteroatoms. The van der Waals surface area contributed by atoms with Crippen LogP contribution in [0.5, 0.6) is 5.75 Å². The van der Waals surface area contributed by atoms with Gasteiger partial charge in [0, 0.05) is 5.02 Å². The summed E-state index contributed by atoms with van der Waals surface area (Å²) in [6.45, 7) is 4.27. The molecule has 1 aliphatic heterocycles. The maximum Gasteiger partial charge on any atom is 0.254 e. The van der Waals surface area contributed by atoms with E-state index < -0.39 is 5.41 Å². The number of hydroxylamine groups is 2. The zero-order valence-electron chi connectivity index (χ0n) is 9.74. The van der Waals surface area contributed by atoms with E-state index in [1.807, 2.05) is 13.8 Å². The molecule has 1 N–H and O–H groups in total. The number of carbonyl (C=O) groups is 1. The Morgan fingerprint density at radius 1 is 1.53 bits per heavy atom. The number of amides is 1. The molecule has 1 aliphatic rings. The first-order valence-corrected chi connectivity index (χ1v) is 5.70. The van der Waals surface area contributed by atoms with Crippen LogP contribution < -0.4 is 0 Å². The van der Waals surface area contributed by atoms with E-state index in [1.165, 1.54) is 17.2 Å². The summed E-state index contributed by atoms with van der Waals surface area (Å²) in [6.07, 6.45) is 0. The van der Waals surface area contributed by atoms with Crippen LogP contribution in [0, 0.1) is 5.41 Å². The van der Waals surface area contributed by atoms with Gasteiger partial charge in [-0.3, -0.25) is 9.63 Å². The second kappa shape index (κ2) is 4.20. The summed E-state index contributed by atoms with van der Waals surface area (Å²) in [7, 11) is 0. The number of aromatic hydroxyl groups is 1. The number of rotatable bonds is 2. The first-order valence-electron chi connectivity index (χ1n) is 5.32. The SMILES string of the molecule is CC1(C)CON(Cc2cc(O)ccc2Cl)C1=O. The minimum Gasteiger partial charge on any atom is -0.508 e. The molecular weight excluding hydrogens is 242 g/mol. The van der Waals surface area contributed by atoms with Crippen molar-refractivity contribution in [2.75, 3.05) is 6.61 Å². The molecule has 1 aromatic carbocycles. The maximum absolute atomic E-state index is 11.9. The summed E-state index contributed by atoms with van der Waals surface area (Å²) in [5.74, 6) is 0.0483. The predicted molar refractivity (Wildman–Crippen MR) is 63.4 cm³/mol. The minimum absolute atomic E-state index is 0.0723. The normalized spacial score (nSPS) is 18.8. The largest absolute Gasteiger partial charge is 0.508 e. The Morgan fingerprint density at radius 3 is 2.82 bits per heavy atom. The van der Waals surface area contributed by atoms with Gasteiger partial charge < -0.3 is 5.11 Å². The molecule has 1 amide bonds. The number of hydrogen-bond acceptors (Lipinski definition) is 3. The highest BCUT2D eigenvalue weighted by molar-refractivity contribution is 6.31. The molecule has 0 spiro atoms. The van der Waals surface area contributed by atoms with Gasteiger partial charge >= 0.3 is 0 Å². The van der Waals surface area contributed by atoms with Gasteiger partial charge in [-0.15, -0.1) is 0 Å². The van der Waals surface area contributed by atoms with E-state index in [4.69, 9.17) is 16.4 Å². The number of phenols is 1. The van der Waals surface area contributed by atoms with Crippen LogP contribution in [0.3, 0.4) is 0 Å². The second-order valence-corrected chi connectivity index (χ2v) is 5.18. The van der Waals surface area contributed by atoms with Gasteiger partial charge in [-0.2, -0.15) is 0 Å². The predicted octanol–water partition coefficient (Wildman–Crippen LogP) is 2.35. The van der Waals surface area contributed by atoms with Gasteiger partial charge in [-0.1, -0.05) is 11.6 Å². The number of carbonyl (C=O) groups excluding carboxylic acids is 1. The molecule has 1 fully saturated rings. The summed E-state index contributed by atoms with van der Waals surface area (Å²) in [6, 6.07) is 4.63. The lowest BCUT2D eigenvalue weighted by Crippen LogP contribution is -2.30. The third kappa shape index (κ3) is 2.37. The van der Waals surface area contributed by atoms with Gasteiger partial charge in [0.15, 0.2) is 0 Å². The summed E-state index contributed by atoms with van der Waals surface area (Å²) in [4.78, 5) is 17.2. The Labute approximate surface area is 105 Å². The minimum atomic E-state index is -0.497. The Bertz CT molecular complexity index is 459. The van der Waals surface area contributed by atoms with E-state index in [0.717, 1.165) is 0 Å². The highest BCUT2D eigenvalue weighted by Crippen LogP contribution is 2.30. The highest BCUT2D eigenvalue weighted by atomic mass is 35.5. The first kappa shape index (κ1) is 12.2. The van der Waals surface area contributed by atoms with Crippen molar-refractivity contribution in [3.05, 3.63) is 28.8 Å². The number of nitrogens with zero attached hydrogens (tertiary/aromatic N) is 1. The topological polar surface area (TPSA) is 49.8 Å². The van der Waals surface area contributed by atoms with Crippen LogP contribution in [-0.2, 0) is 16.2 Å². The van der Waals surface area contributed by atoms with Gasteiger partial charge in [-0.05, 0) is 37.6 Å². The average Bonchev–Trinajstić information content (AvgIpc) is 2.51. The van der Waals surface area contributed by atoms with Crippen LogP contribution in [0.25, 0.3) is 0 Å². The molecule has 2 rings (SSSR count). The maximum atomic E-state index is 11.9. The lowest BCUT2D eigenvalue weighted by Gasteiger charge is -2.17. The Morgan fingerprint density at radius 2 is 2.24 bits per heavy atom. The summed E-state index contributed by atoms with van der Waals surface area (Å²) in [5.41, 5.74) is 0.168. The smallest absolute Gasteiger partial charge is 0.254 e. The highest BCUT2D eigenvalue weighted by Gasteiger charge is 2.40. The summed E-state index contributed by atoms with van der Waals surface area (Å²) < 4.78 is 0. The van der Waals surface area contributed by atoms with Crippen molar-refractivity contribution < 1.29 is 14.7 Å². The fraction of sp³-hybridized carbons (Fsp3) is 0.417. The molecule has 17 heavy (non-hydrogen) atoms. The van der Waals surface area contributed by atoms with Gasteiger partial charge in [0.25, 0.3) is 5.91 Å². The molecule has 0 saturated carbocycles. The number of benzene rings is 1. The van der Waals surface area contributed by atoms with E-state index >= 15 is 0 Å². The van der Waals surface area contributed by atoms with Gasteiger partial charge in [0.05, 0.1) is 18.6 Å². The lowest BCUT2D eigenvalue weighted by atomic mass is 9.95. The van der Waals surface area contributed by atoms with Crippen LogP contribution in [0.1, 0.15) is 19.4 Å². The molecule has 0 unspecified atom stereocenters. The molecule has 0 bridgehead atoms. The van der Waals surface area contributed by atoms with Crippen molar-refractivity contribution in [2.24, 2.45) is 5.41 Å². The van der Waals surface area contributed by atoms with Crippen LogP contribution in [0.15, 0.2) is 18.2 Å². The Balaban J connectivity index is 2.17. The standard InChI is InChI=1S/C12H14ClNO3/c1-12(2)7-17-14(11(12)16)6-8-5-9(15)3-4-10(8)13/h3-5,15H,6-7H2,1-2H3. The molecule has 1 heterocycles.